The fourth-order valence-electron chi connectivity index (χ4n) is 1.87. The third-order valence-electron chi connectivity index (χ3n) is 2.84. The van der Waals surface area contributed by atoms with Crippen LogP contribution in [0.15, 0.2) is 46.9 Å². The lowest BCUT2D eigenvalue weighted by molar-refractivity contribution is 0.0939. The van der Waals surface area contributed by atoms with E-state index in [9.17, 15) is 13.6 Å². The molecule has 0 aliphatic carbocycles. The highest BCUT2D eigenvalue weighted by Gasteiger charge is 2.15. The lowest BCUT2D eigenvalue weighted by Crippen LogP contribution is -2.27. The van der Waals surface area contributed by atoms with E-state index in [2.05, 4.69) is 21.2 Å². The molecule has 0 aliphatic heterocycles. The molecule has 5 heteroatoms. The van der Waals surface area contributed by atoms with E-state index in [1.54, 1.807) is 25.1 Å². The molecule has 2 nitrogen and oxygen atoms in total. The summed E-state index contributed by atoms with van der Waals surface area (Å²) in [5.41, 5.74) is 0.566. The second-order valence-electron chi connectivity index (χ2n) is 4.37. The van der Waals surface area contributed by atoms with Gasteiger partial charge in [0.2, 0.25) is 0 Å². The Hall–Kier alpha value is -1.75. The van der Waals surface area contributed by atoms with Crippen LogP contribution in [0.2, 0.25) is 0 Å². The van der Waals surface area contributed by atoms with Crippen molar-refractivity contribution >= 4 is 21.8 Å². The zero-order chi connectivity index (χ0) is 14.7. The molecule has 2 aromatic rings. The normalized spacial score (nSPS) is 12.0. The Morgan fingerprint density at radius 3 is 2.55 bits per heavy atom. The first-order valence-electron chi connectivity index (χ1n) is 5.99. The molecule has 0 fully saturated rings. The van der Waals surface area contributed by atoms with E-state index >= 15 is 0 Å². The van der Waals surface area contributed by atoms with Gasteiger partial charge in [0.25, 0.3) is 5.91 Å². The van der Waals surface area contributed by atoms with E-state index < -0.39 is 17.8 Å². The van der Waals surface area contributed by atoms with Gasteiger partial charge in [0.15, 0.2) is 0 Å². The second kappa shape index (κ2) is 6.13. The summed E-state index contributed by atoms with van der Waals surface area (Å²) in [6, 6.07) is 9.60. The predicted octanol–water partition coefficient (Wildman–Crippen LogP) is 4.22. The second-order valence-corrected chi connectivity index (χ2v) is 5.29. The van der Waals surface area contributed by atoms with Crippen LogP contribution in [0.5, 0.6) is 0 Å². The summed E-state index contributed by atoms with van der Waals surface area (Å²) in [5, 5.41) is 2.64. The molecule has 1 amide bonds. The van der Waals surface area contributed by atoms with Gasteiger partial charge in [-0.3, -0.25) is 4.79 Å². The van der Waals surface area contributed by atoms with Crippen LogP contribution in [0.25, 0.3) is 0 Å². The SMILES string of the molecule is CC(NC(=O)c1cc(F)cc(Br)c1)c1ccccc1F. The Morgan fingerprint density at radius 1 is 1.20 bits per heavy atom. The zero-order valence-corrected chi connectivity index (χ0v) is 12.2. The minimum atomic E-state index is -0.511. The number of hydrogen-bond donors (Lipinski definition) is 1. The summed E-state index contributed by atoms with van der Waals surface area (Å²) in [4.78, 5) is 12.0. The van der Waals surface area contributed by atoms with Gasteiger partial charge >= 0.3 is 0 Å². The fourth-order valence-corrected chi connectivity index (χ4v) is 2.33. The monoisotopic (exact) mass is 339 g/mol. The third-order valence-corrected chi connectivity index (χ3v) is 3.30. The number of nitrogens with one attached hydrogen (secondary N) is 1. The first kappa shape index (κ1) is 14.7. The number of hydrogen-bond acceptors (Lipinski definition) is 1. The molecule has 2 aromatic carbocycles. The molecule has 0 spiro atoms. The smallest absolute Gasteiger partial charge is 0.251 e. The van der Waals surface area contributed by atoms with E-state index in [1.807, 2.05) is 0 Å². The molecule has 0 aromatic heterocycles. The Morgan fingerprint density at radius 2 is 1.90 bits per heavy atom. The van der Waals surface area contributed by atoms with Crippen LogP contribution in [-0.2, 0) is 0 Å². The van der Waals surface area contributed by atoms with E-state index in [0.29, 0.717) is 10.0 Å². The summed E-state index contributed by atoms with van der Waals surface area (Å²) in [6.07, 6.45) is 0. The highest BCUT2D eigenvalue weighted by molar-refractivity contribution is 9.10. The molecule has 0 saturated carbocycles. The average molecular weight is 340 g/mol. The van der Waals surface area contributed by atoms with Gasteiger partial charge in [-0.05, 0) is 31.2 Å². The summed E-state index contributed by atoms with van der Waals surface area (Å²) in [6.45, 7) is 1.67. The largest absolute Gasteiger partial charge is 0.345 e. The Bertz CT molecular complexity index is 625. The highest BCUT2D eigenvalue weighted by Crippen LogP contribution is 2.18. The minimum absolute atomic E-state index is 0.181. The van der Waals surface area contributed by atoms with Crippen molar-refractivity contribution in [1.82, 2.24) is 5.32 Å². The average Bonchev–Trinajstić information content (AvgIpc) is 2.37. The van der Waals surface area contributed by atoms with Crippen LogP contribution in [0.3, 0.4) is 0 Å². The maximum Gasteiger partial charge on any atom is 0.251 e. The van der Waals surface area contributed by atoms with Gasteiger partial charge in [0.1, 0.15) is 11.6 Å². The molecule has 104 valence electrons. The van der Waals surface area contributed by atoms with Gasteiger partial charge in [-0.2, -0.15) is 0 Å². The predicted molar refractivity (Wildman–Crippen MR) is 76.4 cm³/mol. The van der Waals surface area contributed by atoms with Crippen LogP contribution in [0, 0.1) is 11.6 Å². The van der Waals surface area contributed by atoms with Gasteiger partial charge in [-0.15, -0.1) is 0 Å². The minimum Gasteiger partial charge on any atom is -0.345 e. The van der Waals surface area contributed by atoms with Crippen LogP contribution in [0.4, 0.5) is 8.78 Å². The van der Waals surface area contributed by atoms with Crippen LogP contribution < -0.4 is 5.32 Å². The molecule has 1 unspecified atom stereocenters. The van der Waals surface area contributed by atoms with Crippen LogP contribution in [-0.4, -0.2) is 5.91 Å². The third kappa shape index (κ3) is 3.42. The number of rotatable bonds is 3. The van der Waals surface area contributed by atoms with E-state index in [-0.39, 0.29) is 11.4 Å². The number of amides is 1. The van der Waals surface area contributed by atoms with Crippen LogP contribution in [0.1, 0.15) is 28.9 Å². The topological polar surface area (TPSA) is 29.1 Å². The van der Waals surface area contributed by atoms with Crippen LogP contribution >= 0.6 is 15.9 Å². The Kier molecular flexibility index (Phi) is 4.49. The Labute approximate surface area is 123 Å². The van der Waals surface area contributed by atoms with Crippen molar-refractivity contribution in [3.63, 3.8) is 0 Å². The zero-order valence-electron chi connectivity index (χ0n) is 10.7. The molecular formula is C15H12BrF2NO. The Balaban J connectivity index is 2.17. The van der Waals surface area contributed by atoms with Gasteiger partial charge in [-0.1, -0.05) is 34.1 Å². The van der Waals surface area contributed by atoms with E-state index in [0.717, 1.165) is 6.07 Å². The summed E-state index contributed by atoms with van der Waals surface area (Å²) < 4.78 is 27.3. The maximum atomic E-state index is 13.6. The molecule has 0 bridgehead atoms. The molecule has 2 rings (SSSR count). The summed E-state index contributed by atoms with van der Waals surface area (Å²) >= 11 is 3.12. The van der Waals surface area contributed by atoms with Crippen molar-refractivity contribution in [2.24, 2.45) is 0 Å². The molecule has 1 atom stereocenters. The van der Waals surface area contributed by atoms with Crippen molar-refractivity contribution in [1.29, 1.82) is 0 Å². The molecular weight excluding hydrogens is 328 g/mol. The van der Waals surface area contributed by atoms with Crippen molar-refractivity contribution in [2.75, 3.05) is 0 Å². The number of carbonyl (C=O) groups is 1. The van der Waals surface area contributed by atoms with Crippen molar-refractivity contribution < 1.29 is 13.6 Å². The van der Waals surface area contributed by atoms with Crippen molar-refractivity contribution in [3.8, 4) is 0 Å². The molecule has 0 saturated heterocycles. The number of carbonyl (C=O) groups excluding carboxylic acids is 1. The molecule has 1 N–H and O–H groups in total. The number of halogens is 3. The van der Waals surface area contributed by atoms with Gasteiger partial charge in [-0.25, -0.2) is 8.78 Å². The number of benzene rings is 2. The van der Waals surface area contributed by atoms with E-state index in [4.69, 9.17) is 0 Å². The lowest BCUT2D eigenvalue weighted by atomic mass is 10.1. The van der Waals surface area contributed by atoms with Gasteiger partial charge in [0, 0.05) is 15.6 Å². The highest BCUT2D eigenvalue weighted by atomic mass is 79.9. The molecule has 0 radical (unpaired) electrons. The molecule has 0 heterocycles. The fraction of sp³-hybridized carbons (Fsp3) is 0.133. The lowest BCUT2D eigenvalue weighted by Gasteiger charge is -2.15. The first-order chi connectivity index (χ1) is 9.47. The van der Waals surface area contributed by atoms with Crippen molar-refractivity contribution in [3.05, 3.63) is 69.7 Å². The maximum absolute atomic E-state index is 13.6. The van der Waals surface area contributed by atoms with Gasteiger partial charge in [0.05, 0.1) is 6.04 Å². The standard InChI is InChI=1S/C15H12BrF2NO/c1-9(13-4-2-3-5-14(13)18)19-15(20)10-6-11(16)8-12(17)7-10/h2-9H,1H3,(H,19,20). The molecule has 0 aliphatic rings. The van der Waals surface area contributed by atoms with E-state index in [1.165, 1.54) is 18.2 Å². The summed E-state index contributed by atoms with van der Waals surface area (Å²) in [5.74, 6) is -1.36. The van der Waals surface area contributed by atoms with Gasteiger partial charge < -0.3 is 5.32 Å². The quantitative estimate of drug-likeness (QED) is 0.891. The summed E-state index contributed by atoms with van der Waals surface area (Å²) in [7, 11) is 0. The van der Waals surface area contributed by atoms with Crippen molar-refractivity contribution in [2.45, 2.75) is 13.0 Å². The molecule has 20 heavy (non-hydrogen) atoms. The first-order valence-corrected chi connectivity index (χ1v) is 6.78.